The molecule has 3 heteroatoms. The van der Waals surface area contributed by atoms with Crippen LogP contribution in [0.4, 0.5) is 0 Å². The van der Waals surface area contributed by atoms with Crippen molar-refractivity contribution < 1.29 is 4.79 Å². The Labute approximate surface area is 110 Å². The summed E-state index contributed by atoms with van der Waals surface area (Å²) in [5.41, 5.74) is 2.35. The van der Waals surface area contributed by atoms with E-state index in [1.54, 1.807) is 18.2 Å². The van der Waals surface area contributed by atoms with Crippen LogP contribution in [0.25, 0.3) is 0 Å². The van der Waals surface area contributed by atoms with Gasteiger partial charge >= 0.3 is 0 Å². The van der Waals surface area contributed by atoms with Crippen LogP contribution in [0.3, 0.4) is 0 Å². The Hall–Kier alpha value is -1.31. The lowest BCUT2D eigenvalue weighted by atomic mass is 10.0. The van der Waals surface area contributed by atoms with Crippen molar-refractivity contribution in [1.82, 2.24) is 0 Å². The van der Waals surface area contributed by atoms with E-state index in [1.165, 1.54) is 0 Å². The van der Waals surface area contributed by atoms with Crippen LogP contribution >= 0.6 is 23.2 Å². The first kappa shape index (κ1) is 12.2. The summed E-state index contributed by atoms with van der Waals surface area (Å²) in [7, 11) is 0. The molecule has 0 saturated carbocycles. The summed E-state index contributed by atoms with van der Waals surface area (Å²) in [6.45, 7) is 0. The summed E-state index contributed by atoms with van der Waals surface area (Å²) in [5, 5.41) is 0.0961. The molecule has 0 atom stereocenters. The molecule has 0 heterocycles. The fourth-order valence-electron chi connectivity index (χ4n) is 1.72. The first-order chi connectivity index (χ1) is 8.18. The molecule has 0 aliphatic carbocycles. The predicted octanol–water partition coefficient (Wildman–Crippen LogP) is 4.31. The number of hydrogen-bond donors (Lipinski definition) is 0. The smallest absolute Gasteiger partial charge is 0.252 e. The summed E-state index contributed by atoms with van der Waals surface area (Å²) < 4.78 is 0. The van der Waals surface area contributed by atoms with E-state index in [1.807, 2.05) is 30.3 Å². The van der Waals surface area contributed by atoms with Crippen LogP contribution in [0.15, 0.2) is 48.5 Å². The van der Waals surface area contributed by atoms with E-state index in [0.717, 1.165) is 11.1 Å². The van der Waals surface area contributed by atoms with Gasteiger partial charge in [0.25, 0.3) is 5.24 Å². The van der Waals surface area contributed by atoms with Crippen LogP contribution < -0.4 is 0 Å². The molecule has 0 bridgehead atoms. The third-order valence-corrected chi connectivity index (χ3v) is 3.11. The molecule has 2 aromatic rings. The van der Waals surface area contributed by atoms with Crippen molar-refractivity contribution in [3.63, 3.8) is 0 Å². The van der Waals surface area contributed by atoms with Crippen LogP contribution in [0, 0.1) is 0 Å². The maximum atomic E-state index is 11.3. The SMILES string of the molecule is O=C(Cl)c1cccc(Cl)c1Cc1ccccc1. The maximum Gasteiger partial charge on any atom is 0.252 e. The molecule has 17 heavy (non-hydrogen) atoms. The molecule has 0 N–H and O–H groups in total. The van der Waals surface area contributed by atoms with E-state index in [0.29, 0.717) is 17.0 Å². The molecule has 2 aromatic carbocycles. The van der Waals surface area contributed by atoms with Gasteiger partial charge in [0.1, 0.15) is 0 Å². The van der Waals surface area contributed by atoms with Crippen molar-refractivity contribution in [3.05, 3.63) is 70.2 Å². The first-order valence-electron chi connectivity index (χ1n) is 5.19. The van der Waals surface area contributed by atoms with Crippen LogP contribution in [0.5, 0.6) is 0 Å². The molecule has 2 rings (SSSR count). The Bertz CT molecular complexity index is 535. The highest BCUT2D eigenvalue weighted by atomic mass is 35.5. The van der Waals surface area contributed by atoms with Gasteiger partial charge in [0.15, 0.2) is 0 Å². The van der Waals surface area contributed by atoms with Crippen LogP contribution in [0.1, 0.15) is 21.5 Å². The Balaban J connectivity index is 2.41. The molecule has 0 amide bonds. The quantitative estimate of drug-likeness (QED) is 0.756. The molecule has 0 aromatic heterocycles. The third-order valence-electron chi connectivity index (χ3n) is 2.55. The van der Waals surface area contributed by atoms with Crippen LogP contribution in [-0.4, -0.2) is 5.24 Å². The average molecular weight is 265 g/mol. The summed E-state index contributed by atoms with van der Waals surface area (Å²) in [4.78, 5) is 11.3. The van der Waals surface area contributed by atoms with Crippen molar-refractivity contribution in [3.8, 4) is 0 Å². The summed E-state index contributed by atoms with van der Waals surface area (Å²) >= 11 is 11.7. The van der Waals surface area contributed by atoms with Gasteiger partial charge in [-0.15, -0.1) is 0 Å². The van der Waals surface area contributed by atoms with Crippen molar-refractivity contribution in [2.75, 3.05) is 0 Å². The third kappa shape index (κ3) is 2.87. The van der Waals surface area contributed by atoms with Crippen molar-refractivity contribution in [2.24, 2.45) is 0 Å². The van der Waals surface area contributed by atoms with Gasteiger partial charge in [0.05, 0.1) is 0 Å². The monoisotopic (exact) mass is 264 g/mol. The van der Waals surface area contributed by atoms with Gasteiger partial charge in [-0.05, 0) is 41.3 Å². The molecule has 0 aliphatic heterocycles. The predicted molar refractivity (Wildman–Crippen MR) is 70.9 cm³/mol. The Morgan fingerprint density at radius 1 is 1.00 bits per heavy atom. The zero-order valence-electron chi connectivity index (χ0n) is 8.99. The number of hydrogen-bond acceptors (Lipinski definition) is 1. The van der Waals surface area contributed by atoms with Gasteiger partial charge in [-0.1, -0.05) is 48.0 Å². The zero-order chi connectivity index (χ0) is 12.3. The standard InChI is InChI=1S/C14H10Cl2O/c15-13-8-4-7-11(14(16)17)12(13)9-10-5-2-1-3-6-10/h1-8H,9H2. The van der Waals surface area contributed by atoms with Crippen LogP contribution in [-0.2, 0) is 6.42 Å². The first-order valence-corrected chi connectivity index (χ1v) is 5.95. The fraction of sp³-hybridized carbons (Fsp3) is 0.0714. The highest BCUT2D eigenvalue weighted by Gasteiger charge is 2.12. The molecular formula is C14H10Cl2O. The molecule has 0 saturated heterocycles. The van der Waals surface area contributed by atoms with E-state index in [4.69, 9.17) is 23.2 Å². The van der Waals surface area contributed by atoms with E-state index in [9.17, 15) is 4.79 Å². The minimum Gasteiger partial charge on any atom is -0.276 e. The summed E-state index contributed by atoms with van der Waals surface area (Å²) in [6, 6.07) is 15.0. The topological polar surface area (TPSA) is 17.1 Å². The van der Waals surface area contributed by atoms with Gasteiger partial charge in [0.2, 0.25) is 0 Å². The Morgan fingerprint density at radius 3 is 2.35 bits per heavy atom. The number of rotatable bonds is 3. The van der Waals surface area contributed by atoms with E-state index >= 15 is 0 Å². The second kappa shape index (κ2) is 5.35. The highest BCUT2D eigenvalue weighted by molar-refractivity contribution is 6.68. The van der Waals surface area contributed by atoms with E-state index in [-0.39, 0.29) is 0 Å². The highest BCUT2D eigenvalue weighted by Crippen LogP contribution is 2.24. The van der Waals surface area contributed by atoms with Gasteiger partial charge < -0.3 is 0 Å². The second-order valence-corrected chi connectivity index (χ2v) is 4.45. The largest absolute Gasteiger partial charge is 0.276 e. The maximum absolute atomic E-state index is 11.3. The Kier molecular flexibility index (Phi) is 3.82. The fourth-order valence-corrected chi connectivity index (χ4v) is 2.14. The van der Waals surface area contributed by atoms with Gasteiger partial charge in [-0.2, -0.15) is 0 Å². The number of benzene rings is 2. The molecular weight excluding hydrogens is 255 g/mol. The van der Waals surface area contributed by atoms with Crippen molar-refractivity contribution in [2.45, 2.75) is 6.42 Å². The van der Waals surface area contributed by atoms with E-state index < -0.39 is 5.24 Å². The molecule has 86 valence electrons. The molecule has 0 aliphatic rings. The van der Waals surface area contributed by atoms with Crippen LogP contribution in [0.2, 0.25) is 5.02 Å². The average Bonchev–Trinajstić information content (AvgIpc) is 2.33. The number of carbonyl (C=O) groups excluding carboxylic acids is 1. The lowest BCUT2D eigenvalue weighted by Crippen LogP contribution is -1.99. The van der Waals surface area contributed by atoms with E-state index in [2.05, 4.69) is 0 Å². The molecule has 0 radical (unpaired) electrons. The lowest BCUT2D eigenvalue weighted by molar-refractivity contribution is 0.108. The Morgan fingerprint density at radius 2 is 1.71 bits per heavy atom. The lowest BCUT2D eigenvalue weighted by Gasteiger charge is -2.08. The van der Waals surface area contributed by atoms with Gasteiger partial charge in [-0.3, -0.25) is 4.79 Å². The zero-order valence-corrected chi connectivity index (χ0v) is 10.5. The normalized spacial score (nSPS) is 10.2. The summed E-state index contributed by atoms with van der Waals surface area (Å²) in [5.74, 6) is 0. The van der Waals surface area contributed by atoms with Crippen molar-refractivity contribution >= 4 is 28.4 Å². The van der Waals surface area contributed by atoms with Gasteiger partial charge in [0, 0.05) is 10.6 Å². The van der Waals surface area contributed by atoms with Gasteiger partial charge in [-0.25, -0.2) is 0 Å². The summed E-state index contributed by atoms with van der Waals surface area (Å²) in [6.07, 6.45) is 0.605. The number of halogens is 2. The number of carbonyl (C=O) groups is 1. The molecule has 0 unspecified atom stereocenters. The second-order valence-electron chi connectivity index (χ2n) is 3.70. The molecule has 1 nitrogen and oxygen atoms in total. The molecule has 0 spiro atoms. The minimum atomic E-state index is -0.474. The van der Waals surface area contributed by atoms with Crippen molar-refractivity contribution in [1.29, 1.82) is 0 Å². The minimum absolute atomic E-state index is 0.474. The molecule has 0 fully saturated rings.